The molecule has 3 heterocycles. The molecule has 290 valence electrons. The molecule has 0 atom stereocenters. The van der Waals surface area contributed by atoms with E-state index in [-0.39, 0.29) is 0 Å². The van der Waals surface area contributed by atoms with Gasteiger partial charge in [-0.1, -0.05) is 170 Å². The van der Waals surface area contributed by atoms with Gasteiger partial charge in [0.25, 0.3) is 0 Å². The zero-order valence-corrected chi connectivity index (χ0v) is 33.6. The molecule has 62 heavy (non-hydrogen) atoms. The second-order valence-corrected chi connectivity index (χ2v) is 15.7. The molecule has 0 aliphatic heterocycles. The van der Waals surface area contributed by atoms with Gasteiger partial charge in [-0.25, -0.2) is 15.0 Å². The molecule has 0 aliphatic carbocycles. The van der Waals surface area contributed by atoms with Crippen LogP contribution in [0.4, 0.5) is 0 Å². The third-order valence-electron chi connectivity index (χ3n) is 11.9. The number of nitrogens with zero attached hydrogens (tertiary/aromatic N) is 5. The summed E-state index contributed by atoms with van der Waals surface area (Å²) >= 11 is 0. The van der Waals surface area contributed by atoms with Crippen LogP contribution < -0.4 is 0 Å². The van der Waals surface area contributed by atoms with Crippen molar-refractivity contribution in [1.29, 1.82) is 0 Å². The number of aromatic nitrogens is 5. The van der Waals surface area contributed by atoms with Crippen molar-refractivity contribution in [3.63, 3.8) is 0 Å². The largest absolute Gasteiger partial charge is 0.309 e. The summed E-state index contributed by atoms with van der Waals surface area (Å²) in [4.78, 5) is 16.0. The summed E-state index contributed by atoms with van der Waals surface area (Å²) in [5.41, 5.74) is 13.7. The van der Waals surface area contributed by atoms with Crippen molar-refractivity contribution in [3.8, 4) is 67.8 Å². The first kappa shape index (κ1) is 35.5. The highest BCUT2D eigenvalue weighted by atomic mass is 15.0. The number of rotatable bonds is 7. The molecule has 0 aliphatic rings. The van der Waals surface area contributed by atoms with E-state index < -0.39 is 0 Å². The normalized spacial score (nSPS) is 11.5. The minimum Gasteiger partial charge on any atom is -0.309 e. The fourth-order valence-electron chi connectivity index (χ4n) is 9.08. The minimum atomic E-state index is 0.588. The lowest BCUT2D eigenvalue weighted by molar-refractivity contribution is 1.07. The summed E-state index contributed by atoms with van der Waals surface area (Å²) in [6, 6.07) is 79.3. The fourth-order valence-corrected chi connectivity index (χ4v) is 9.08. The first-order valence-electron chi connectivity index (χ1n) is 20.9. The molecule has 0 saturated heterocycles. The van der Waals surface area contributed by atoms with Gasteiger partial charge in [-0.3, -0.25) is 0 Å². The zero-order valence-electron chi connectivity index (χ0n) is 33.6. The minimum absolute atomic E-state index is 0.588. The van der Waals surface area contributed by atoms with Gasteiger partial charge in [0.2, 0.25) is 0 Å². The molecule has 0 spiro atoms. The molecule has 3 aromatic heterocycles. The third kappa shape index (κ3) is 6.06. The Morgan fingerprint density at radius 3 is 0.919 bits per heavy atom. The van der Waals surface area contributed by atoms with E-state index >= 15 is 0 Å². The van der Waals surface area contributed by atoms with Crippen LogP contribution in [0, 0.1) is 0 Å². The average molecular weight is 792 g/mol. The highest BCUT2D eigenvalue weighted by Gasteiger charge is 2.20. The predicted molar refractivity (Wildman–Crippen MR) is 256 cm³/mol. The van der Waals surface area contributed by atoms with Crippen LogP contribution in [-0.4, -0.2) is 24.1 Å². The van der Waals surface area contributed by atoms with Crippen LogP contribution in [-0.2, 0) is 0 Å². The van der Waals surface area contributed by atoms with Gasteiger partial charge in [0.15, 0.2) is 17.5 Å². The Kier molecular flexibility index (Phi) is 8.42. The predicted octanol–water partition coefficient (Wildman–Crippen LogP) is 14.4. The van der Waals surface area contributed by atoms with E-state index in [1.54, 1.807) is 0 Å². The molecule has 5 heteroatoms. The molecule has 0 fully saturated rings. The molecule has 12 aromatic rings. The van der Waals surface area contributed by atoms with Gasteiger partial charge >= 0.3 is 0 Å². The van der Waals surface area contributed by atoms with Crippen LogP contribution in [0.5, 0.6) is 0 Å². The Morgan fingerprint density at radius 2 is 0.532 bits per heavy atom. The van der Waals surface area contributed by atoms with Crippen molar-refractivity contribution in [1.82, 2.24) is 24.1 Å². The fraction of sp³-hybridized carbons (Fsp3) is 0. The Labute approximate surface area is 358 Å². The average Bonchev–Trinajstić information content (AvgIpc) is 3.88. The van der Waals surface area contributed by atoms with Gasteiger partial charge in [0.05, 0.1) is 22.1 Å². The highest BCUT2D eigenvalue weighted by Crippen LogP contribution is 2.38. The van der Waals surface area contributed by atoms with Crippen LogP contribution in [0.2, 0.25) is 0 Å². The SMILES string of the molecule is c1ccc(-c2cccc(-c3nc(-c4cccc(-c5ccccc5)c4)nc(-c4cc(-n5c6ccccc6c6ccccc65)cc(-n5c6ccccc6c6ccccc65)c4)n3)c2)cc1. The van der Waals surface area contributed by atoms with Crippen LogP contribution in [0.15, 0.2) is 224 Å². The maximum absolute atomic E-state index is 5.37. The van der Waals surface area contributed by atoms with Crippen molar-refractivity contribution in [2.75, 3.05) is 0 Å². The lowest BCUT2D eigenvalue weighted by Gasteiger charge is -2.16. The second kappa shape index (κ2) is 14.7. The Bertz CT molecular complexity index is 3300. The van der Waals surface area contributed by atoms with Crippen LogP contribution in [0.1, 0.15) is 0 Å². The summed E-state index contributed by atoms with van der Waals surface area (Å²) in [5.74, 6) is 1.80. The van der Waals surface area contributed by atoms with Gasteiger partial charge in [0, 0.05) is 49.6 Å². The number of fused-ring (bicyclic) bond motifs is 6. The van der Waals surface area contributed by atoms with Gasteiger partial charge in [-0.15, -0.1) is 0 Å². The van der Waals surface area contributed by atoms with E-state index in [1.807, 2.05) is 12.1 Å². The van der Waals surface area contributed by atoms with Crippen LogP contribution >= 0.6 is 0 Å². The zero-order chi connectivity index (χ0) is 41.0. The molecule has 0 radical (unpaired) electrons. The molecule has 0 unspecified atom stereocenters. The monoisotopic (exact) mass is 791 g/mol. The first-order chi connectivity index (χ1) is 30.7. The topological polar surface area (TPSA) is 48.5 Å². The molecule has 0 bridgehead atoms. The number of para-hydroxylation sites is 4. The quantitative estimate of drug-likeness (QED) is 0.162. The maximum atomic E-state index is 5.37. The van der Waals surface area contributed by atoms with E-state index in [9.17, 15) is 0 Å². The molecule has 0 amide bonds. The summed E-state index contributed by atoms with van der Waals surface area (Å²) in [6.45, 7) is 0. The lowest BCUT2D eigenvalue weighted by Crippen LogP contribution is -2.03. The number of hydrogen-bond acceptors (Lipinski definition) is 3. The van der Waals surface area contributed by atoms with Crippen molar-refractivity contribution >= 4 is 43.6 Å². The molecule has 0 N–H and O–H groups in total. The van der Waals surface area contributed by atoms with E-state index in [1.165, 1.54) is 21.5 Å². The highest BCUT2D eigenvalue weighted by molar-refractivity contribution is 6.10. The summed E-state index contributed by atoms with van der Waals surface area (Å²) in [6.07, 6.45) is 0. The Balaban J connectivity index is 1.14. The van der Waals surface area contributed by atoms with E-state index in [0.717, 1.165) is 72.4 Å². The van der Waals surface area contributed by atoms with Gasteiger partial charge < -0.3 is 9.13 Å². The summed E-state index contributed by atoms with van der Waals surface area (Å²) < 4.78 is 4.75. The van der Waals surface area contributed by atoms with Crippen molar-refractivity contribution in [3.05, 3.63) is 224 Å². The molecule has 9 aromatic carbocycles. The van der Waals surface area contributed by atoms with E-state index in [2.05, 4.69) is 221 Å². The molecule has 0 saturated carbocycles. The molecular formula is C57H37N5. The summed E-state index contributed by atoms with van der Waals surface area (Å²) in [5, 5.41) is 4.81. The second-order valence-electron chi connectivity index (χ2n) is 15.7. The van der Waals surface area contributed by atoms with Gasteiger partial charge in [0.1, 0.15) is 0 Å². The van der Waals surface area contributed by atoms with Crippen molar-refractivity contribution < 1.29 is 0 Å². The van der Waals surface area contributed by atoms with Crippen LogP contribution in [0.25, 0.3) is 111 Å². The Hall–Kier alpha value is -8.41. The van der Waals surface area contributed by atoms with E-state index in [4.69, 9.17) is 15.0 Å². The molecular weight excluding hydrogens is 755 g/mol. The number of benzene rings is 9. The van der Waals surface area contributed by atoms with Crippen molar-refractivity contribution in [2.24, 2.45) is 0 Å². The molecule has 12 rings (SSSR count). The summed E-state index contributed by atoms with van der Waals surface area (Å²) in [7, 11) is 0. The van der Waals surface area contributed by atoms with Gasteiger partial charge in [-0.05, 0) is 76.9 Å². The van der Waals surface area contributed by atoms with Crippen molar-refractivity contribution in [2.45, 2.75) is 0 Å². The first-order valence-corrected chi connectivity index (χ1v) is 20.9. The van der Waals surface area contributed by atoms with Gasteiger partial charge in [-0.2, -0.15) is 0 Å². The smallest absolute Gasteiger partial charge is 0.164 e. The number of hydrogen-bond donors (Lipinski definition) is 0. The van der Waals surface area contributed by atoms with Crippen LogP contribution in [0.3, 0.4) is 0 Å². The lowest BCUT2D eigenvalue weighted by atomic mass is 10.0. The standard InChI is InChI=1S/C57H37N5/c1-3-17-38(18-4-1)40-21-15-23-42(33-40)55-58-56(43-24-16-22-41(34-43)39-19-5-2-6-20-39)60-57(59-55)44-35-45(61-51-29-11-7-25-47(51)48-26-8-12-30-52(48)61)37-46(36-44)62-53-31-13-9-27-49(53)50-28-10-14-32-54(50)62/h1-37H. The van der Waals surface area contributed by atoms with E-state index in [0.29, 0.717) is 17.5 Å². The Morgan fingerprint density at radius 1 is 0.226 bits per heavy atom. The third-order valence-corrected chi connectivity index (χ3v) is 11.9. The molecule has 5 nitrogen and oxygen atoms in total. The maximum Gasteiger partial charge on any atom is 0.164 e.